The molecule has 25 heavy (non-hydrogen) atoms. The first kappa shape index (κ1) is 20.8. The summed E-state index contributed by atoms with van der Waals surface area (Å²) in [4.78, 5) is 0. The van der Waals surface area contributed by atoms with E-state index in [4.69, 9.17) is 26.9 Å². The van der Waals surface area contributed by atoms with E-state index in [2.05, 4.69) is 19.2 Å². The second-order valence-electron chi connectivity index (χ2n) is 6.02. The summed E-state index contributed by atoms with van der Waals surface area (Å²) in [6.07, 6.45) is 1.01. The predicted octanol–water partition coefficient (Wildman–Crippen LogP) is 3.24. The Balaban J connectivity index is 1.94. The Morgan fingerprint density at radius 3 is 2.56 bits per heavy atom. The van der Waals surface area contributed by atoms with Crippen LogP contribution in [0.3, 0.4) is 0 Å². The minimum Gasteiger partial charge on any atom is -0.520 e. The van der Waals surface area contributed by atoms with Crippen LogP contribution in [-0.4, -0.2) is 51.1 Å². The third-order valence-corrected chi connectivity index (χ3v) is 9.96. The normalized spacial score (nSPS) is 20.0. The van der Waals surface area contributed by atoms with E-state index in [0.717, 1.165) is 35.3 Å². The zero-order chi connectivity index (χ0) is 18.3. The standard InChI is InChI=1S/C16H28O6SSi2/c1-17-25(18-2,19-3)11-8-20-15-6-7-16-14(12-15)13-21-24(4,22-16)10-5-9-23/h6-7,12,23H,5,8-11,13H2,1-4H3. The van der Waals surface area contributed by atoms with Crippen LogP contribution in [0.4, 0.5) is 0 Å². The Kier molecular flexibility index (Phi) is 7.80. The molecule has 1 atom stereocenters. The van der Waals surface area contributed by atoms with E-state index >= 15 is 0 Å². The second-order valence-corrected chi connectivity index (χ2v) is 12.8. The van der Waals surface area contributed by atoms with Crippen molar-refractivity contribution in [3.05, 3.63) is 23.8 Å². The molecule has 0 bridgehead atoms. The molecule has 1 aliphatic rings. The smallest absolute Gasteiger partial charge is 0.503 e. The van der Waals surface area contributed by atoms with Gasteiger partial charge in [-0.05, 0) is 36.9 Å². The molecule has 1 unspecified atom stereocenters. The zero-order valence-corrected chi connectivity index (χ0v) is 18.3. The predicted molar refractivity (Wildman–Crippen MR) is 104 cm³/mol. The minimum atomic E-state index is -2.61. The topological polar surface area (TPSA) is 55.4 Å². The maximum absolute atomic E-state index is 6.16. The van der Waals surface area contributed by atoms with Crippen LogP contribution in [0.25, 0.3) is 0 Å². The molecule has 142 valence electrons. The molecule has 1 aliphatic heterocycles. The van der Waals surface area contributed by atoms with Gasteiger partial charge in [0.25, 0.3) is 0 Å². The summed E-state index contributed by atoms with van der Waals surface area (Å²) in [7, 11) is 0.0641. The van der Waals surface area contributed by atoms with Gasteiger partial charge in [-0.1, -0.05) is 0 Å². The zero-order valence-electron chi connectivity index (χ0n) is 15.4. The summed E-state index contributed by atoms with van der Waals surface area (Å²) in [5.41, 5.74) is 1.02. The van der Waals surface area contributed by atoms with Crippen molar-refractivity contribution in [2.45, 2.75) is 31.7 Å². The minimum absolute atomic E-state index is 0.455. The first-order valence-electron chi connectivity index (χ1n) is 8.35. The average Bonchev–Trinajstić information content (AvgIpc) is 2.64. The van der Waals surface area contributed by atoms with Gasteiger partial charge in [0.1, 0.15) is 11.5 Å². The van der Waals surface area contributed by atoms with Crippen LogP contribution in [-0.2, 0) is 24.3 Å². The molecule has 0 amide bonds. The van der Waals surface area contributed by atoms with Gasteiger partial charge in [0.2, 0.25) is 0 Å². The number of hydrogen-bond acceptors (Lipinski definition) is 7. The largest absolute Gasteiger partial charge is 0.520 e. The summed E-state index contributed by atoms with van der Waals surface area (Å²) < 4.78 is 34.2. The molecule has 0 aromatic heterocycles. The van der Waals surface area contributed by atoms with Crippen LogP contribution in [0.5, 0.6) is 11.5 Å². The van der Waals surface area contributed by atoms with Crippen LogP contribution in [0.15, 0.2) is 18.2 Å². The summed E-state index contributed by atoms with van der Waals surface area (Å²) in [5, 5.41) is 0. The molecule has 0 fully saturated rings. The molecule has 1 aromatic rings. The number of ether oxygens (including phenoxy) is 1. The lowest BCUT2D eigenvalue weighted by Gasteiger charge is -2.33. The van der Waals surface area contributed by atoms with Gasteiger partial charge in [0, 0.05) is 32.9 Å². The summed E-state index contributed by atoms with van der Waals surface area (Å²) in [6.45, 7) is 3.12. The van der Waals surface area contributed by atoms with Gasteiger partial charge in [-0.3, -0.25) is 0 Å². The second kappa shape index (κ2) is 9.40. The highest BCUT2D eigenvalue weighted by atomic mass is 32.1. The lowest BCUT2D eigenvalue weighted by Crippen LogP contribution is -2.44. The van der Waals surface area contributed by atoms with Crippen LogP contribution < -0.4 is 9.16 Å². The Hall–Kier alpha value is -0.556. The molecule has 1 heterocycles. The maximum atomic E-state index is 6.16. The first-order chi connectivity index (χ1) is 12.0. The van der Waals surface area contributed by atoms with Crippen molar-refractivity contribution in [3.63, 3.8) is 0 Å². The lowest BCUT2D eigenvalue weighted by molar-refractivity contribution is 0.117. The third-order valence-electron chi connectivity index (χ3n) is 4.29. The highest BCUT2D eigenvalue weighted by Crippen LogP contribution is 2.34. The Morgan fingerprint density at radius 1 is 1.20 bits per heavy atom. The van der Waals surface area contributed by atoms with Gasteiger partial charge in [-0.15, -0.1) is 0 Å². The van der Waals surface area contributed by atoms with E-state index in [0.29, 0.717) is 19.3 Å². The molecule has 0 N–H and O–H groups in total. The molecule has 0 saturated carbocycles. The van der Waals surface area contributed by atoms with Crippen molar-refractivity contribution in [3.8, 4) is 11.5 Å². The van der Waals surface area contributed by atoms with Gasteiger partial charge >= 0.3 is 17.4 Å². The van der Waals surface area contributed by atoms with Crippen molar-refractivity contribution in [2.75, 3.05) is 33.7 Å². The molecule has 0 radical (unpaired) electrons. The van der Waals surface area contributed by atoms with Crippen LogP contribution in [0.2, 0.25) is 18.6 Å². The number of rotatable bonds is 10. The maximum Gasteiger partial charge on any atom is 0.503 e. The number of fused-ring (bicyclic) bond motifs is 1. The van der Waals surface area contributed by atoms with E-state index in [1.54, 1.807) is 21.3 Å². The average molecular weight is 405 g/mol. The summed E-state index contributed by atoms with van der Waals surface area (Å²) in [6, 6.07) is 7.39. The monoisotopic (exact) mass is 404 g/mol. The number of hydrogen-bond donors (Lipinski definition) is 1. The van der Waals surface area contributed by atoms with Crippen molar-refractivity contribution in [1.82, 2.24) is 0 Å². The van der Waals surface area contributed by atoms with E-state index < -0.39 is 17.4 Å². The summed E-state index contributed by atoms with van der Waals surface area (Å²) in [5.74, 6) is 2.53. The third kappa shape index (κ3) is 5.46. The molecular weight excluding hydrogens is 376 g/mol. The van der Waals surface area contributed by atoms with E-state index in [-0.39, 0.29) is 0 Å². The fourth-order valence-corrected chi connectivity index (χ4v) is 6.89. The van der Waals surface area contributed by atoms with Crippen LogP contribution >= 0.6 is 12.6 Å². The molecule has 2 rings (SSSR count). The lowest BCUT2D eigenvalue weighted by atomic mass is 10.2. The van der Waals surface area contributed by atoms with E-state index in [1.807, 2.05) is 18.2 Å². The first-order valence-corrected chi connectivity index (χ1v) is 13.4. The van der Waals surface area contributed by atoms with Gasteiger partial charge in [-0.25, -0.2) is 0 Å². The fourth-order valence-electron chi connectivity index (χ4n) is 2.72. The van der Waals surface area contributed by atoms with E-state index in [1.165, 1.54) is 0 Å². The van der Waals surface area contributed by atoms with Gasteiger partial charge < -0.3 is 26.9 Å². The molecule has 0 saturated heterocycles. The van der Waals surface area contributed by atoms with Gasteiger partial charge in [-0.2, -0.15) is 12.6 Å². The Bertz CT molecular complexity index is 549. The SMILES string of the molecule is CO[Si](CCOc1ccc2c(c1)CO[Si](C)(CCCS)O2)(OC)OC. The van der Waals surface area contributed by atoms with Crippen molar-refractivity contribution < 1.29 is 26.9 Å². The Morgan fingerprint density at radius 2 is 1.92 bits per heavy atom. The van der Waals surface area contributed by atoms with Crippen molar-refractivity contribution >= 4 is 30.0 Å². The molecule has 1 aromatic carbocycles. The van der Waals surface area contributed by atoms with Crippen molar-refractivity contribution in [1.29, 1.82) is 0 Å². The quantitative estimate of drug-likeness (QED) is 0.477. The van der Waals surface area contributed by atoms with Crippen LogP contribution in [0.1, 0.15) is 12.0 Å². The molecule has 0 aliphatic carbocycles. The van der Waals surface area contributed by atoms with Crippen molar-refractivity contribution in [2.24, 2.45) is 0 Å². The van der Waals surface area contributed by atoms with Gasteiger partial charge in [0.15, 0.2) is 0 Å². The fraction of sp³-hybridized carbons (Fsp3) is 0.625. The van der Waals surface area contributed by atoms with E-state index in [9.17, 15) is 0 Å². The molecular formula is C16H28O6SSi2. The number of thiol groups is 1. The molecule has 0 spiro atoms. The highest BCUT2D eigenvalue weighted by molar-refractivity contribution is 7.80. The molecule has 6 nitrogen and oxygen atoms in total. The Labute approximate surface area is 157 Å². The summed E-state index contributed by atoms with van der Waals surface area (Å²) >= 11 is 4.27. The van der Waals surface area contributed by atoms with Gasteiger partial charge in [0.05, 0.1) is 19.3 Å². The van der Waals surface area contributed by atoms with Crippen LogP contribution in [0, 0.1) is 0 Å². The molecule has 9 heteroatoms. The number of benzene rings is 1. The highest BCUT2D eigenvalue weighted by Gasteiger charge is 2.38.